The van der Waals surface area contributed by atoms with Gasteiger partial charge in [0, 0.05) is 11.6 Å². The molecule has 3 aliphatic heterocycles. The number of benzene rings is 2. The largest absolute Gasteiger partial charge is 0.454 e. The van der Waals surface area contributed by atoms with Crippen molar-refractivity contribution in [1.82, 2.24) is 15.1 Å². The third-order valence-corrected chi connectivity index (χ3v) is 5.68. The monoisotopic (exact) mass is 452 g/mol. The van der Waals surface area contributed by atoms with Gasteiger partial charge < -0.3 is 14.0 Å². The molecule has 0 radical (unpaired) electrons. The van der Waals surface area contributed by atoms with E-state index in [0.717, 1.165) is 4.90 Å². The number of halogens is 1. The molecule has 2 amide bonds. The van der Waals surface area contributed by atoms with Crippen LogP contribution in [0.3, 0.4) is 0 Å². The van der Waals surface area contributed by atoms with E-state index in [1.807, 2.05) is 6.07 Å². The molecule has 3 aromatic rings. The first-order valence-electron chi connectivity index (χ1n) is 9.62. The van der Waals surface area contributed by atoms with Crippen LogP contribution in [0.1, 0.15) is 5.89 Å². The van der Waals surface area contributed by atoms with E-state index in [-0.39, 0.29) is 19.2 Å². The second-order valence-electron chi connectivity index (χ2n) is 7.23. The maximum atomic E-state index is 13.2. The summed E-state index contributed by atoms with van der Waals surface area (Å²) in [5.74, 6) is 0.633. The molecule has 32 heavy (non-hydrogen) atoms. The van der Waals surface area contributed by atoms with Gasteiger partial charge in [0.25, 0.3) is 11.8 Å². The predicted molar refractivity (Wildman–Crippen MR) is 108 cm³/mol. The first-order valence-corrected chi connectivity index (χ1v) is 10.0. The van der Waals surface area contributed by atoms with Gasteiger partial charge in [-0.25, -0.2) is 4.90 Å². The van der Waals surface area contributed by atoms with Crippen LogP contribution in [-0.4, -0.2) is 45.8 Å². The van der Waals surface area contributed by atoms with Crippen molar-refractivity contribution >= 4 is 29.1 Å². The summed E-state index contributed by atoms with van der Waals surface area (Å²) in [5.41, 5.74) is 0.999. The lowest BCUT2D eigenvalue weighted by molar-refractivity contribution is -0.123. The maximum Gasteiger partial charge on any atom is 0.263 e. The second kappa shape index (κ2) is 7.02. The van der Waals surface area contributed by atoms with Crippen molar-refractivity contribution < 1.29 is 23.6 Å². The Labute approximate surface area is 185 Å². The highest BCUT2D eigenvalue weighted by Gasteiger charge is 2.55. The number of nitrogens with zero attached hydrogens (tertiary/aromatic N) is 6. The van der Waals surface area contributed by atoms with Gasteiger partial charge in [-0.15, -0.1) is 0 Å². The number of hydrogen-bond donors (Lipinski definition) is 0. The van der Waals surface area contributed by atoms with Crippen molar-refractivity contribution in [2.24, 2.45) is 10.3 Å². The summed E-state index contributed by atoms with van der Waals surface area (Å²) in [6, 6.07) is 10.1. The van der Waals surface area contributed by atoms with Gasteiger partial charge >= 0.3 is 0 Å². The number of aromatic nitrogens is 2. The van der Waals surface area contributed by atoms with Gasteiger partial charge in [-0.05, 0) is 24.3 Å². The summed E-state index contributed by atoms with van der Waals surface area (Å²) in [6.07, 6.45) is 0. The van der Waals surface area contributed by atoms with Crippen molar-refractivity contribution in [3.05, 3.63) is 53.4 Å². The van der Waals surface area contributed by atoms with Crippen molar-refractivity contribution in [2.45, 2.75) is 18.6 Å². The molecule has 0 aliphatic carbocycles. The number of fused-ring (bicyclic) bond motifs is 2. The molecule has 12 heteroatoms. The van der Waals surface area contributed by atoms with E-state index in [9.17, 15) is 9.59 Å². The Morgan fingerprint density at radius 3 is 2.78 bits per heavy atom. The lowest BCUT2D eigenvalue weighted by Crippen LogP contribution is -2.39. The second-order valence-corrected chi connectivity index (χ2v) is 7.64. The first kappa shape index (κ1) is 18.8. The quantitative estimate of drug-likeness (QED) is 0.553. The molecule has 1 aromatic heterocycles. The summed E-state index contributed by atoms with van der Waals surface area (Å²) >= 11 is 6.19. The standard InChI is InChI=1S/C20H13ClN6O5/c21-12-4-2-1-3-11(12)18-22-15(32-24-18)8-26-17-16(23-25-26)19(28)27(20(17)29)10-5-6-13-14(7-10)31-9-30-13/h1-7,16-17H,8-9H2/t16-,17-/m1/s1. The van der Waals surface area contributed by atoms with Crippen LogP contribution in [0, 0.1) is 0 Å². The van der Waals surface area contributed by atoms with Gasteiger partial charge in [-0.1, -0.05) is 34.1 Å². The fourth-order valence-electron chi connectivity index (χ4n) is 3.84. The van der Waals surface area contributed by atoms with Crippen LogP contribution in [0.4, 0.5) is 5.69 Å². The van der Waals surface area contributed by atoms with Crippen LogP contribution in [-0.2, 0) is 16.1 Å². The molecule has 1 saturated heterocycles. The summed E-state index contributed by atoms with van der Waals surface area (Å²) in [5, 5.41) is 13.8. The molecular weight excluding hydrogens is 440 g/mol. The number of anilines is 1. The zero-order chi connectivity index (χ0) is 21.8. The average molecular weight is 453 g/mol. The van der Waals surface area contributed by atoms with E-state index < -0.39 is 23.9 Å². The van der Waals surface area contributed by atoms with Crippen molar-refractivity contribution in [1.29, 1.82) is 0 Å². The number of carbonyl (C=O) groups excluding carboxylic acids is 2. The SMILES string of the molecule is O=C1[C@@H]2N=NN(Cc3nc(-c4ccccc4Cl)no3)[C@H]2C(=O)N1c1ccc2c(c1)OCO2. The molecule has 0 saturated carbocycles. The molecule has 3 aliphatic rings. The summed E-state index contributed by atoms with van der Waals surface area (Å²) in [4.78, 5) is 31.5. The highest BCUT2D eigenvalue weighted by molar-refractivity contribution is 6.33. The van der Waals surface area contributed by atoms with Crippen LogP contribution in [0.2, 0.25) is 5.02 Å². The van der Waals surface area contributed by atoms with Gasteiger partial charge in [-0.3, -0.25) is 14.6 Å². The van der Waals surface area contributed by atoms with Gasteiger partial charge in [0.15, 0.2) is 23.6 Å². The molecule has 11 nitrogen and oxygen atoms in total. The summed E-state index contributed by atoms with van der Waals surface area (Å²) in [7, 11) is 0. The number of ether oxygens (including phenoxy) is 2. The highest BCUT2D eigenvalue weighted by atomic mass is 35.5. The van der Waals surface area contributed by atoms with E-state index in [2.05, 4.69) is 20.5 Å². The lowest BCUT2D eigenvalue weighted by Gasteiger charge is -2.19. The van der Waals surface area contributed by atoms with Gasteiger partial charge in [0.2, 0.25) is 18.5 Å². The van der Waals surface area contributed by atoms with E-state index >= 15 is 0 Å². The van der Waals surface area contributed by atoms with Crippen LogP contribution in [0.15, 0.2) is 57.3 Å². The van der Waals surface area contributed by atoms with Gasteiger partial charge in [0.1, 0.15) is 6.54 Å². The predicted octanol–water partition coefficient (Wildman–Crippen LogP) is 2.61. The van der Waals surface area contributed by atoms with E-state index in [1.165, 1.54) is 5.01 Å². The van der Waals surface area contributed by atoms with E-state index in [4.69, 9.17) is 25.6 Å². The van der Waals surface area contributed by atoms with Crippen LogP contribution < -0.4 is 14.4 Å². The number of rotatable bonds is 4. The Balaban J connectivity index is 1.24. The van der Waals surface area contributed by atoms with E-state index in [1.54, 1.807) is 36.4 Å². The Morgan fingerprint density at radius 1 is 1.06 bits per heavy atom. The summed E-state index contributed by atoms with van der Waals surface area (Å²) < 4.78 is 15.9. The molecule has 160 valence electrons. The minimum atomic E-state index is -0.945. The normalized spacial score (nSPS) is 21.0. The van der Waals surface area contributed by atoms with Crippen LogP contribution >= 0.6 is 11.6 Å². The fraction of sp³-hybridized carbons (Fsp3) is 0.200. The molecular formula is C20H13ClN6O5. The lowest BCUT2D eigenvalue weighted by atomic mass is 10.1. The molecule has 4 heterocycles. The molecule has 0 N–H and O–H groups in total. The Morgan fingerprint density at radius 2 is 1.91 bits per heavy atom. The molecule has 6 rings (SSSR count). The molecule has 2 aromatic carbocycles. The number of carbonyl (C=O) groups is 2. The van der Waals surface area contributed by atoms with Gasteiger partial charge in [-0.2, -0.15) is 10.1 Å². The number of hydrogen-bond acceptors (Lipinski definition) is 10. The zero-order valence-corrected chi connectivity index (χ0v) is 17.0. The Bertz CT molecular complexity index is 1290. The zero-order valence-electron chi connectivity index (χ0n) is 16.2. The van der Waals surface area contributed by atoms with Crippen molar-refractivity contribution in [3.63, 3.8) is 0 Å². The van der Waals surface area contributed by atoms with Crippen LogP contribution in [0.25, 0.3) is 11.4 Å². The molecule has 0 unspecified atom stereocenters. The molecule has 1 fully saturated rings. The average Bonchev–Trinajstić information content (AvgIpc) is 3.56. The molecule has 0 bridgehead atoms. The van der Waals surface area contributed by atoms with Crippen molar-refractivity contribution in [2.75, 3.05) is 11.7 Å². The Hall–Kier alpha value is -3.99. The topological polar surface area (TPSA) is 123 Å². The number of amides is 2. The van der Waals surface area contributed by atoms with Crippen molar-refractivity contribution in [3.8, 4) is 22.9 Å². The number of imide groups is 1. The smallest absolute Gasteiger partial charge is 0.263 e. The minimum Gasteiger partial charge on any atom is -0.454 e. The fourth-order valence-corrected chi connectivity index (χ4v) is 4.06. The molecule has 2 atom stereocenters. The highest BCUT2D eigenvalue weighted by Crippen LogP contribution is 2.39. The molecule has 0 spiro atoms. The van der Waals surface area contributed by atoms with Crippen LogP contribution in [0.5, 0.6) is 11.5 Å². The first-order chi connectivity index (χ1) is 15.6. The maximum absolute atomic E-state index is 13.2. The third kappa shape index (κ3) is 2.82. The summed E-state index contributed by atoms with van der Waals surface area (Å²) in [6.45, 7) is 0.102. The third-order valence-electron chi connectivity index (χ3n) is 5.35. The van der Waals surface area contributed by atoms with E-state index in [0.29, 0.717) is 33.6 Å². The Kier molecular flexibility index (Phi) is 4.12. The van der Waals surface area contributed by atoms with Gasteiger partial charge in [0.05, 0.1) is 10.7 Å². The minimum absolute atomic E-state index is 0.0100.